The maximum absolute atomic E-state index is 11.4. The van der Waals surface area contributed by atoms with E-state index in [1.165, 1.54) is 0 Å². The topological polar surface area (TPSA) is 47.6 Å². The summed E-state index contributed by atoms with van der Waals surface area (Å²) < 4.78 is 22.2. The molecular weight excluding hydrogens is 310 g/mol. The Labute approximate surface area is 139 Å². The van der Waals surface area contributed by atoms with Gasteiger partial charge < -0.3 is 14.8 Å². The van der Waals surface area contributed by atoms with E-state index in [9.17, 15) is 4.21 Å². The molecule has 0 aromatic heterocycles. The first kappa shape index (κ1) is 16.0. The number of rotatable bonds is 5. The number of benzene rings is 2. The quantitative estimate of drug-likeness (QED) is 0.914. The van der Waals surface area contributed by atoms with Crippen molar-refractivity contribution in [1.82, 2.24) is 5.32 Å². The number of nitrogens with one attached hydrogen (secondary N) is 1. The van der Waals surface area contributed by atoms with E-state index in [1.54, 1.807) is 6.26 Å². The van der Waals surface area contributed by atoms with Crippen LogP contribution in [0.3, 0.4) is 0 Å². The lowest BCUT2D eigenvalue weighted by molar-refractivity contribution is 0.174. The van der Waals surface area contributed by atoms with Crippen LogP contribution in [0, 0.1) is 0 Å². The van der Waals surface area contributed by atoms with Gasteiger partial charge in [0.25, 0.3) is 0 Å². The summed E-state index contributed by atoms with van der Waals surface area (Å²) in [6.45, 7) is 5.30. The Morgan fingerprint density at radius 3 is 2.48 bits per heavy atom. The summed E-state index contributed by atoms with van der Waals surface area (Å²) in [6, 6.07) is 13.9. The van der Waals surface area contributed by atoms with Crippen molar-refractivity contribution in [1.29, 1.82) is 0 Å². The number of hydrogen-bond acceptors (Lipinski definition) is 4. The first-order valence-electron chi connectivity index (χ1n) is 7.53. The summed E-state index contributed by atoms with van der Waals surface area (Å²) in [5.41, 5.74) is 2.11. The monoisotopic (exact) mass is 331 g/mol. The zero-order valence-electron chi connectivity index (χ0n) is 13.6. The van der Waals surface area contributed by atoms with Crippen LogP contribution in [0.4, 0.5) is 0 Å². The molecule has 0 fully saturated rings. The highest BCUT2D eigenvalue weighted by Crippen LogP contribution is 2.35. The summed E-state index contributed by atoms with van der Waals surface area (Å²) in [6.07, 6.45) is 1.69. The van der Waals surface area contributed by atoms with Crippen molar-refractivity contribution in [3.05, 3.63) is 53.6 Å². The molecule has 0 bridgehead atoms. The molecule has 1 N–H and O–H groups in total. The number of hydrogen-bond donors (Lipinski definition) is 1. The molecule has 122 valence electrons. The van der Waals surface area contributed by atoms with E-state index in [0.717, 1.165) is 34.1 Å². The molecule has 0 saturated heterocycles. The van der Waals surface area contributed by atoms with Crippen LogP contribution >= 0.6 is 0 Å². The van der Waals surface area contributed by atoms with Crippen LogP contribution in [0.5, 0.6) is 11.5 Å². The molecule has 1 heterocycles. The second-order valence-corrected chi connectivity index (χ2v) is 7.52. The third-order valence-corrected chi connectivity index (χ3v) is 5.02. The van der Waals surface area contributed by atoms with Crippen LogP contribution in [0.1, 0.15) is 25.0 Å². The van der Waals surface area contributed by atoms with Crippen molar-refractivity contribution in [2.45, 2.75) is 30.8 Å². The lowest BCUT2D eigenvalue weighted by atomic mass is 9.93. The van der Waals surface area contributed by atoms with Crippen LogP contribution in [0.15, 0.2) is 47.4 Å². The third-order valence-electron chi connectivity index (χ3n) is 4.08. The molecule has 1 atom stereocenters. The summed E-state index contributed by atoms with van der Waals surface area (Å²) in [7, 11) is -0.934. The maximum Gasteiger partial charge on any atom is 0.231 e. The van der Waals surface area contributed by atoms with Gasteiger partial charge in [0.15, 0.2) is 11.5 Å². The van der Waals surface area contributed by atoms with E-state index in [4.69, 9.17) is 9.47 Å². The molecule has 0 amide bonds. The highest BCUT2D eigenvalue weighted by Gasteiger charge is 2.23. The van der Waals surface area contributed by atoms with Crippen molar-refractivity contribution in [3.63, 3.8) is 0 Å². The Morgan fingerprint density at radius 2 is 1.78 bits per heavy atom. The molecule has 1 aliphatic rings. The molecule has 2 aromatic carbocycles. The first-order valence-corrected chi connectivity index (χ1v) is 9.09. The van der Waals surface area contributed by atoms with Gasteiger partial charge in [-0.05, 0) is 49.2 Å². The number of fused-ring (bicyclic) bond motifs is 1. The normalized spacial score (nSPS) is 14.7. The molecule has 3 rings (SSSR count). The summed E-state index contributed by atoms with van der Waals surface area (Å²) in [4.78, 5) is 0.851. The van der Waals surface area contributed by atoms with Gasteiger partial charge in [-0.2, -0.15) is 0 Å². The molecular formula is C18H21NO3S. The van der Waals surface area contributed by atoms with E-state index in [0.29, 0.717) is 0 Å². The van der Waals surface area contributed by atoms with Crippen molar-refractivity contribution in [3.8, 4) is 11.5 Å². The third kappa shape index (κ3) is 3.57. The summed E-state index contributed by atoms with van der Waals surface area (Å²) in [5, 5.41) is 3.56. The minimum atomic E-state index is -0.934. The maximum atomic E-state index is 11.4. The predicted octanol–water partition coefficient (Wildman–Crippen LogP) is 3.18. The molecule has 23 heavy (non-hydrogen) atoms. The minimum absolute atomic E-state index is 0.201. The molecule has 0 saturated carbocycles. The Kier molecular flexibility index (Phi) is 4.41. The molecule has 5 heteroatoms. The molecule has 0 aliphatic carbocycles. The fraction of sp³-hybridized carbons (Fsp3) is 0.333. The standard InChI is InChI=1S/C18H21NO3S/c1-18(2,14-6-9-16-17(10-14)22-12-21-16)19-11-13-4-7-15(8-5-13)23(3)20/h4-10,19H,11-12H2,1-3H3. The van der Waals surface area contributed by atoms with Gasteiger partial charge in [-0.15, -0.1) is 0 Å². The van der Waals surface area contributed by atoms with Crippen molar-refractivity contribution in [2.75, 3.05) is 13.0 Å². The highest BCUT2D eigenvalue weighted by atomic mass is 32.2. The average molecular weight is 331 g/mol. The SMILES string of the molecule is CS(=O)c1ccc(CNC(C)(C)c2ccc3c(c2)OCO3)cc1. The average Bonchev–Trinajstić information content (AvgIpc) is 3.01. The van der Waals surface area contributed by atoms with E-state index in [-0.39, 0.29) is 12.3 Å². The zero-order valence-corrected chi connectivity index (χ0v) is 14.4. The van der Waals surface area contributed by atoms with Gasteiger partial charge in [-0.3, -0.25) is 4.21 Å². The molecule has 1 unspecified atom stereocenters. The van der Waals surface area contributed by atoms with Gasteiger partial charge in [-0.1, -0.05) is 18.2 Å². The summed E-state index contributed by atoms with van der Waals surface area (Å²) in [5.74, 6) is 1.60. The zero-order chi connectivity index (χ0) is 16.4. The van der Waals surface area contributed by atoms with Crippen LogP contribution in [-0.2, 0) is 22.9 Å². The molecule has 4 nitrogen and oxygen atoms in total. The van der Waals surface area contributed by atoms with Crippen LogP contribution in [0.2, 0.25) is 0 Å². The Balaban J connectivity index is 1.69. The van der Waals surface area contributed by atoms with Crippen LogP contribution < -0.4 is 14.8 Å². The Bertz CT molecular complexity index is 726. The van der Waals surface area contributed by atoms with Gasteiger partial charge in [-0.25, -0.2) is 0 Å². The van der Waals surface area contributed by atoms with Gasteiger partial charge in [0, 0.05) is 34.0 Å². The van der Waals surface area contributed by atoms with Crippen LogP contribution in [0.25, 0.3) is 0 Å². The minimum Gasteiger partial charge on any atom is -0.454 e. The van der Waals surface area contributed by atoms with Crippen molar-refractivity contribution in [2.24, 2.45) is 0 Å². The first-order chi connectivity index (χ1) is 11.0. The molecule has 0 radical (unpaired) electrons. The lowest BCUT2D eigenvalue weighted by Crippen LogP contribution is -2.35. The molecule has 0 spiro atoms. The Morgan fingerprint density at radius 1 is 1.09 bits per heavy atom. The Hall–Kier alpha value is -1.85. The fourth-order valence-corrected chi connectivity index (χ4v) is 3.03. The van der Waals surface area contributed by atoms with E-state index in [1.807, 2.05) is 36.4 Å². The largest absolute Gasteiger partial charge is 0.454 e. The molecule has 2 aromatic rings. The van der Waals surface area contributed by atoms with E-state index < -0.39 is 10.8 Å². The number of ether oxygens (including phenoxy) is 2. The van der Waals surface area contributed by atoms with Gasteiger partial charge in [0.2, 0.25) is 6.79 Å². The van der Waals surface area contributed by atoms with Crippen molar-refractivity contribution >= 4 is 10.8 Å². The highest BCUT2D eigenvalue weighted by molar-refractivity contribution is 7.84. The van der Waals surface area contributed by atoms with Gasteiger partial charge in [0.1, 0.15) is 0 Å². The van der Waals surface area contributed by atoms with Crippen LogP contribution in [-0.4, -0.2) is 17.3 Å². The lowest BCUT2D eigenvalue weighted by Gasteiger charge is -2.27. The van der Waals surface area contributed by atoms with Gasteiger partial charge in [0.05, 0.1) is 0 Å². The second-order valence-electron chi connectivity index (χ2n) is 6.14. The molecule has 1 aliphatic heterocycles. The second kappa shape index (κ2) is 6.34. The van der Waals surface area contributed by atoms with E-state index >= 15 is 0 Å². The predicted molar refractivity (Wildman–Crippen MR) is 91.2 cm³/mol. The smallest absolute Gasteiger partial charge is 0.231 e. The fourth-order valence-electron chi connectivity index (χ4n) is 2.51. The van der Waals surface area contributed by atoms with E-state index in [2.05, 4.69) is 25.2 Å². The van der Waals surface area contributed by atoms with Crippen molar-refractivity contribution < 1.29 is 13.7 Å². The van der Waals surface area contributed by atoms with Gasteiger partial charge >= 0.3 is 0 Å². The summed E-state index contributed by atoms with van der Waals surface area (Å²) >= 11 is 0.